The lowest BCUT2D eigenvalue weighted by Crippen LogP contribution is -2.18. The molecule has 0 bridgehead atoms. The summed E-state index contributed by atoms with van der Waals surface area (Å²) in [5, 5.41) is 5.65. The van der Waals surface area contributed by atoms with Crippen molar-refractivity contribution in [1.29, 1.82) is 0 Å². The van der Waals surface area contributed by atoms with Gasteiger partial charge in [0.1, 0.15) is 5.01 Å². The molecule has 3 heterocycles. The van der Waals surface area contributed by atoms with Crippen molar-refractivity contribution in [3.05, 3.63) is 39.9 Å². The molecule has 0 aliphatic heterocycles. The first-order valence-corrected chi connectivity index (χ1v) is 8.42. The van der Waals surface area contributed by atoms with Gasteiger partial charge < -0.3 is 0 Å². The Balaban J connectivity index is 1.45. The first-order valence-electron chi connectivity index (χ1n) is 7.60. The molecule has 4 rings (SSSR count). The van der Waals surface area contributed by atoms with Gasteiger partial charge >= 0.3 is 0 Å². The molecule has 3 aromatic heterocycles. The summed E-state index contributed by atoms with van der Waals surface area (Å²) in [4.78, 5) is 17.1. The molecule has 0 spiro atoms. The molecule has 0 fully saturated rings. The summed E-state index contributed by atoms with van der Waals surface area (Å²) in [6.45, 7) is 1.55. The van der Waals surface area contributed by atoms with Gasteiger partial charge in [0.05, 0.1) is 18.8 Å². The van der Waals surface area contributed by atoms with E-state index >= 15 is 0 Å². The normalized spacial score (nSPS) is 14.6. The van der Waals surface area contributed by atoms with Crippen LogP contribution in [0.1, 0.15) is 34.2 Å². The van der Waals surface area contributed by atoms with Gasteiger partial charge in [-0.1, -0.05) is 0 Å². The lowest BCUT2D eigenvalue weighted by Gasteiger charge is -2.12. The molecule has 6 nitrogen and oxygen atoms in total. The Bertz CT molecular complexity index is 736. The van der Waals surface area contributed by atoms with Crippen LogP contribution in [0.5, 0.6) is 0 Å². The van der Waals surface area contributed by atoms with Gasteiger partial charge in [-0.2, -0.15) is 4.98 Å². The molecule has 0 aromatic carbocycles. The molecule has 114 valence electrons. The third kappa shape index (κ3) is 2.74. The van der Waals surface area contributed by atoms with Crippen molar-refractivity contribution in [2.75, 3.05) is 7.05 Å². The number of aromatic nitrogens is 5. The minimum atomic E-state index is 0.649. The quantitative estimate of drug-likeness (QED) is 0.738. The minimum Gasteiger partial charge on any atom is -0.292 e. The zero-order valence-electron chi connectivity index (χ0n) is 12.6. The maximum atomic E-state index is 4.79. The van der Waals surface area contributed by atoms with Crippen molar-refractivity contribution < 1.29 is 0 Å². The molecule has 0 atom stereocenters. The Morgan fingerprint density at radius 2 is 2.14 bits per heavy atom. The number of hydrogen-bond acceptors (Lipinski definition) is 6. The van der Waals surface area contributed by atoms with Gasteiger partial charge in [-0.3, -0.25) is 4.90 Å². The fourth-order valence-electron chi connectivity index (χ4n) is 2.84. The number of rotatable bonds is 4. The van der Waals surface area contributed by atoms with E-state index in [0.717, 1.165) is 18.8 Å². The van der Waals surface area contributed by atoms with Crippen molar-refractivity contribution >= 4 is 17.1 Å². The van der Waals surface area contributed by atoms with E-state index in [1.54, 1.807) is 10.7 Å². The zero-order chi connectivity index (χ0) is 14.9. The largest absolute Gasteiger partial charge is 0.292 e. The summed E-state index contributed by atoms with van der Waals surface area (Å²) in [7, 11) is 2.08. The summed E-state index contributed by atoms with van der Waals surface area (Å²) in [5.41, 5.74) is 1.33. The third-order valence-electron chi connectivity index (χ3n) is 3.87. The molecule has 7 heteroatoms. The fraction of sp³-hybridized carbons (Fsp3) is 0.467. The van der Waals surface area contributed by atoms with E-state index in [9.17, 15) is 0 Å². The van der Waals surface area contributed by atoms with Crippen LogP contribution in [0.3, 0.4) is 0 Å². The second-order valence-corrected chi connectivity index (χ2v) is 6.92. The first-order chi connectivity index (χ1) is 10.8. The molecule has 0 amide bonds. The number of fused-ring (bicyclic) bond motifs is 2. The highest BCUT2D eigenvalue weighted by atomic mass is 32.1. The Labute approximate surface area is 132 Å². The first kappa shape index (κ1) is 13.8. The molecule has 0 saturated heterocycles. The highest BCUT2D eigenvalue weighted by Crippen LogP contribution is 2.27. The van der Waals surface area contributed by atoms with Crippen LogP contribution in [0.15, 0.2) is 18.5 Å². The molecule has 0 unspecified atom stereocenters. The highest BCUT2D eigenvalue weighted by Gasteiger charge is 2.16. The van der Waals surface area contributed by atoms with Crippen molar-refractivity contribution in [3.63, 3.8) is 0 Å². The number of aryl methyl sites for hydroxylation is 2. The van der Waals surface area contributed by atoms with Gasteiger partial charge in [0, 0.05) is 17.3 Å². The van der Waals surface area contributed by atoms with E-state index in [1.807, 2.05) is 23.6 Å². The maximum Gasteiger partial charge on any atom is 0.252 e. The number of thiazole rings is 1. The average molecular weight is 314 g/mol. The van der Waals surface area contributed by atoms with Crippen LogP contribution in [-0.4, -0.2) is 36.5 Å². The molecule has 1 aliphatic carbocycles. The average Bonchev–Trinajstić information content (AvgIpc) is 3.08. The second-order valence-electron chi connectivity index (χ2n) is 5.75. The van der Waals surface area contributed by atoms with E-state index in [0.29, 0.717) is 12.3 Å². The number of hydrogen-bond donors (Lipinski definition) is 0. The Morgan fingerprint density at radius 3 is 3.00 bits per heavy atom. The molecule has 1 aliphatic rings. The topological polar surface area (TPSA) is 59.2 Å². The van der Waals surface area contributed by atoms with Gasteiger partial charge in [-0.25, -0.2) is 14.5 Å². The van der Waals surface area contributed by atoms with Crippen molar-refractivity contribution in [3.8, 4) is 0 Å². The van der Waals surface area contributed by atoms with E-state index in [4.69, 9.17) is 4.98 Å². The van der Waals surface area contributed by atoms with Gasteiger partial charge in [-0.05, 0) is 38.8 Å². The standard InChI is InChI=1S/C15H18N6S/c1-20(9-13-18-15-16-7-4-8-21(15)19-13)10-14-17-11-5-2-3-6-12(11)22-14/h4,7-8H,2-3,5-6,9-10H2,1H3. The van der Waals surface area contributed by atoms with E-state index in [1.165, 1.54) is 34.8 Å². The highest BCUT2D eigenvalue weighted by molar-refractivity contribution is 7.11. The van der Waals surface area contributed by atoms with Crippen molar-refractivity contribution in [1.82, 2.24) is 29.5 Å². The molecule has 22 heavy (non-hydrogen) atoms. The summed E-state index contributed by atoms with van der Waals surface area (Å²) < 4.78 is 1.71. The lowest BCUT2D eigenvalue weighted by molar-refractivity contribution is 0.310. The van der Waals surface area contributed by atoms with Crippen LogP contribution < -0.4 is 0 Å². The molecule has 3 aromatic rings. The molecule has 0 radical (unpaired) electrons. The minimum absolute atomic E-state index is 0.649. The molecule has 0 saturated carbocycles. The predicted molar refractivity (Wildman–Crippen MR) is 84.7 cm³/mol. The van der Waals surface area contributed by atoms with Gasteiger partial charge in [0.15, 0.2) is 5.82 Å². The second kappa shape index (κ2) is 5.73. The molecule has 0 N–H and O–H groups in total. The summed E-state index contributed by atoms with van der Waals surface area (Å²) in [6, 6.07) is 1.86. The number of nitrogens with zero attached hydrogens (tertiary/aromatic N) is 6. The van der Waals surface area contributed by atoms with Crippen LogP contribution in [0, 0.1) is 0 Å². The van der Waals surface area contributed by atoms with E-state index in [2.05, 4.69) is 27.0 Å². The monoisotopic (exact) mass is 314 g/mol. The predicted octanol–water partition coefficient (Wildman–Crippen LogP) is 2.09. The summed E-state index contributed by atoms with van der Waals surface area (Å²) in [5.74, 6) is 1.44. The van der Waals surface area contributed by atoms with Crippen molar-refractivity contribution in [2.24, 2.45) is 0 Å². The SMILES string of the molecule is CN(Cc1nc2ncccn2n1)Cc1nc2c(s1)CCCC2. The Morgan fingerprint density at radius 1 is 1.23 bits per heavy atom. The molecular formula is C15H18N6S. The molecular weight excluding hydrogens is 296 g/mol. The summed E-state index contributed by atoms with van der Waals surface area (Å²) >= 11 is 1.87. The third-order valence-corrected chi connectivity index (χ3v) is 5.01. The van der Waals surface area contributed by atoms with Crippen LogP contribution in [0.25, 0.3) is 5.78 Å². The van der Waals surface area contributed by atoms with Gasteiger partial charge in [0.25, 0.3) is 5.78 Å². The van der Waals surface area contributed by atoms with Gasteiger partial charge in [-0.15, -0.1) is 16.4 Å². The Hall–Kier alpha value is -1.86. The summed E-state index contributed by atoms with van der Waals surface area (Å²) in [6.07, 6.45) is 8.55. The van der Waals surface area contributed by atoms with Crippen LogP contribution in [-0.2, 0) is 25.9 Å². The van der Waals surface area contributed by atoms with Crippen LogP contribution >= 0.6 is 11.3 Å². The maximum absolute atomic E-state index is 4.79. The van der Waals surface area contributed by atoms with Gasteiger partial charge in [0.2, 0.25) is 0 Å². The zero-order valence-corrected chi connectivity index (χ0v) is 13.4. The lowest BCUT2D eigenvalue weighted by atomic mass is 10.0. The van der Waals surface area contributed by atoms with Crippen LogP contribution in [0.4, 0.5) is 0 Å². The Kier molecular flexibility index (Phi) is 3.59. The fourth-order valence-corrected chi connectivity index (χ4v) is 4.08. The van der Waals surface area contributed by atoms with Crippen LogP contribution in [0.2, 0.25) is 0 Å². The van der Waals surface area contributed by atoms with E-state index < -0.39 is 0 Å². The smallest absolute Gasteiger partial charge is 0.252 e. The van der Waals surface area contributed by atoms with Crippen molar-refractivity contribution in [2.45, 2.75) is 38.8 Å². The van der Waals surface area contributed by atoms with E-state index in [-0.39, 0.29) is 0 Å².